The van der Waals surface area contributed by atoms with Crippen LogP contribution in [-0.2, 0) is 0 Å². The van der Waals surface area contributed by atoms with E-state index < -0.39 is 0 Å². The molecule has 2 aliphatic rings. The molecule has 0 aromatic carbocycles. The molecular weight excluding hydrogens is 96.1 g/mol. The smallest absolute Gasteiger partial charge is 0.00930 e. The topological polar surface area (TPSA) is 0 Å². The van der Waals surface area contributed by atoms with Gasteiger partial charge >= 0.3 is 0 Å². The number of allylic oxidation sites excluding steroid dienone is 6. The van der Waals surface area contributed by atoms with Gasteiger partial charge in [-0.05, 0) is 12.0 Å². The van der Waals surface area contributed by atoms with Crippen molar-refractivity contribution in [3.05, 3.63) is 41.9 Å². The van der Waals surface area contributed by atoms with Crippen molar-refractivity contribution in [1.82, 2.24) is 0 Å². The summed E-state index contributed by atoms with van der Waals surface area (Å²) in [5.41, 5.74) is 2.88. The van der Waals surface area contributed by atoms with Crippen LogP contribution >= 0.6 is 0 Å². The summed E-state index contributed by atoms with van der Waals surface area (Å²) in [6.45, 7) is 0. The molecule has 0 aromatic rings. The molecule has 0 heteroatoms. The van der Waals surface area contributed by atoms with Crippen LogP contribution < -0.4 is 0 Å². The van der Waals surface area contributed by atoms with Gasteiger partial charge in [-0.3, -0.25) is 0 Å². The Morgan fingerprint density at radius 2 is 2.25 bits per heavy atom. The predicted molar refractivity (Wildman–Crippen MR) is 34.2 cm³/mol. The summed E-state index contributed by atoms with van der Waals surface area (Å²) in [6, 6.07) is 0. The van der Waals surface area contributed by atoms with Gasteiger partial charge in [0.1, 0.15) is 0 Å². The highest BCUT2D eigenvalue weighted by atomic mass is 14.1. The molecule has 0 heterocycles. The Kier molecular flexibility index (Phi) is 0.696. The van der Waals surface area contributed by atoms with Gasteiger partial charge in [0, 0.05) is 6.42 Å². The van der Waals surface area contributed by atoms with Crippen molar-refractivity contribution in [3.8, 4) is 0 Å². The van der Waals surface area contributed by atoms with Crippen LogP contribution in [0.3, 0.4) is 0 Å². The first-order valence-electron chi connectivity index (χ1n) is 2.88. The maximum Gasteiger partial charge on any atom is 0.00930 e. The fourth-order valence-electron chi connectivity index (χ4n) is 1.13. The maximum atomic E-state index is 2.20. The van der Waals surface area contributed by atoms with Crippen molar-refractivity contribution in [3.63, 3.8) is 0 Å². The first kappa shape index (κ1) is 4.13. The van der Waals surface area contributed by atoms with Gasteiger partial charge in [0.2, 0.25) is 0 Å². The van der Waals surface area contributed by atoms with Crippen LogP contribution in [0.5, 0.6) is 0 Å². The van der Waals surface area contributed by atoms with E-state index >= 15 is 0 Å². The quantitative estimate of drug-likeness (QED) is 0.440. The van der Waals surface area contributed by atoms with E-state index in [1.165, 1.54) is 11.1 Å². The molecule has 2 aliphatic carbocycles. The second-order valence-electron chi connectivity index (χ2n) is 2.11. The molecule has 0 unspecified atom stereocenters. The first-order chi connectivity index (χ1) is 3.97. The Morgan fingerprint density at radius 3 is 3.12 bits per heavy atom. The molecule has 1 radical (unpaired) electrons. The van der Waals surface area contributed by atoms with Gasteiger partial charge in [-0.25, -0.2) is 0 Å². The second kappa shape index (κ2) is 1.35. The maximum absolute atomic E-state index is 2.20. The lowest BCUT2D eigenvalue weighted by Gasteiger charge is -1.88. The summed E-state index contributed by atoms with van der Waals surface area (Å²) >= 11 is 0. The lowest BCUT2D eigenvalue weighted by atomic mass is 10.2. The van der Waals surface area contributed by atoms with E-state index in [9.17, 15) is 0 Å². The minimum atomic E-state index is 1.14. The van der Waals surface area contributed by atoms with Gasteiger partial charge < -0.3 is 0 Å². The summed E-state index contributed by atoms with van der Waals surface area (Å²) in [4.78, 5) is 0. The van der Waals surface area contributed by atoms with E-state index in [1.54, 1.807) is 0 Å². The van der Waals surface area contributed by atoms with Crippen LogP contribution in [-0.4, -0.2) is 0 Å². The van der Waals surface area contributed by atoms with Crippen LogP contribution in [0.2, 0.25) is 0 Å². The zero-order valence-corrected chi connectivity index (χ0v) is 4.59. The van der Waals surface area contributed by atoms with E-state index in [-0.39, 0.29) is 0 Å². The third-order valence-corrected chi connectivity index (χ3v) is 1.58. The molecule has 39 valence electrons. The Hall–Kier alpha value is -0.780. The fraction of sp³-hybridized carbons (Fsp3) is 0.125. The summed E-state index contributed by atoms with van der Waals surface area (Å²) in [5, 5.41) is 0. The molecule has 2 rings (SSSR count). The van der Waals surface area contributed by atoms with E-state index in [2.05, 4.69) is 30.7 Å². The molecule has 0 atom stereocenters. The van der Waals surface area contributed by atoms with Crippen molar-refractivity contribution >= 4 is 0 Å². The Balaban J connectivity index is 2.43. The second-order valence-corrected chi connectivity index (χ2v) is 2.11. The summed E-state index contributed by atoms with van der Waals surface area (Å²) < 4.78 is 0. The molecule has 0 N–H and O–H groups in total. The van der Waals surface area contributed by atoms with Crippen molar-refractivity contribution in [2.24, 2.45) is 0 Å². The SMILES string of the molecule is [CH]1C=CC2=C1CC=C2. The molecular formula is C8H7. The van der Waals surface area contributed by atoms with Crippen molar-refractivity contribution in [1.29, 1.82) is 0 Å². The molecule has 0 spiro atoms. The van der Waals surface area contributed by atoms with Crippen molar-refractivity contribution in [2.75, 3.05) is 0 Å². The average molecular weight is 103 g/mol. The van der Waals surface area contributed by atoms with Gasteiger partial charge in [0.25, 0.3) is 0 Å². The molecule has 0 nitrogen and oxygen atoms in total. The predicted octanol–water partition coefficient (Wildman–Crippen LogP) is 2.02. The minimum absolute atomic E-state index is 1.14. The van der Waals surface area contributed by atoms with Crippen molar-refractivity contribution < 1.29 is 0 Å². The molecule has 0 amide bonds. The van der Waals surface area contributed by atoms with E-state index in [0.29, 0.717) is 0 Å². The highest BCUT2D eigenvalue weighted by molar-refractivity contribution is 5.52. The van der Waals surface area contributed by atoms with Crippen LogP contribution in [0.4, 0.5) is 0 Å². The summed E-state index contributed by atoms with van der Waals surface area (Å²) in [6.07, 6.45) is 11.9. The molecule has 0 saturated heterocycles. The molecule has 0 saturated carbocycles. The highest BCUT2D eigenvalue weighted by Gasteiger charge is 2.08. The highest BCUT2D eigenvalue weighted by Crippen LogP contribution is 2.27. The van der Waals surface area contributed by atoms with Crippen LogP contribution in [0.15, 0.2) is 35.5 Å². The molecule has 0 bridgehead atoms. The first-order valence-corrected chi connectivity index (χ1v) is 2.88. The van der Waals surface area contributed by atoms with E-state index in [0.717, 1.165) is 6.42 Å². The third kappa shape index (κ3) is 0.401. The monoisotopic (exact) mass is 103 g/mol. The standard InChI is InChI=1S/C8H7/c1-3-7-5-2-6-8(7)4-1/h1-5H,6H2. The molecule has 8 heavy (non-hydrogen) atoms. The van der Waals surface area contributed by atoms with Gasteiger partial charge in [-0.15, -0.1) is 0 Å². The number of rotatable bonds is 0. The van der Waals surface area contributed by atoms with Gasteiger partial charge in [-0.1, -0.05) is 29.9 Å². The lowest BCUT2D eigenvalue weighted by Crippen LogP contribution is -1.71. The minimum Gasteiger partial charge on any atom is -0.0798 e. The van der Waals surface area contributed by atoms with Crippen molar-refractivity contribution in [2.45, 2.75) is 6.42 Å². The summed E-state index contributed by atoms with van der Waals surface area (Å²) in [5.74, 6) is 0. The zero-order valence-electron chi connectivity index (χ0n) is 4.59. The lowest BCUT2D eigenvalue weighted by molar-refractivity contribution is 1.29. The van der Waals surface area contributed by atoms with Gasteiger partial charge in [0.15, 0.2) is 0 Å². The Morgan fingerprint density at radius 1 is 1.25 bits per heavy atom. The number of hydrogen-bond donors (Lipinski definition) is 0. The Bertz CT molecular complexity index is 172. The molecule has 0 aliphatic heterocycles. The zero-order chi connectivity index (χ0) is 5.40. The van der Waals surface area contributed by atoms with Crippen LogP contribution in [0.1, 0.15) is 6.42 Å². The Labute approximate surface area is 49.2 Å². The van der Waals surface area contributed by atoms with E-state index in [4.69, 9.17) is 0 Å². The molecule has 0 fully saturated rings. The number of hydrogen-bond acceptors (Lipinski definition) is 0. The fourth-order valence-corrected chi connectivity index (χ4v) is 1.13. The van der Waals surface area contributed by atoms with Crippen LogP contribution in [0, 0.1) is 6.42 Å². The van der Waals surface area contributed by atoms with E-state index in [1.807, 2.05) is 0 Å². The van der Waals surface area contributed by atoms with Crippen LogP contribution in [0.25, 0.3) is 0 Å². The van der Waals surface area contributed by atoms with Gasteiger partial charge in [0.05, 0.1) is 0 Å². The third-order valence-electron chi connectivity index (χ3n) is 1.58. The average Bonchev–Trinajstić information content (AvgIpc) is 2.15. The normalized spacial score (nSPS) is 23.0. The van der Waals surface area contributed by atoms with Gasteiger partial charge in [-0.2, -0.15) is 0 Å². The summed E-state index contributed by atoms with van der Waals surface area (Å²) in [7, 11) is 0. The largest absolute Gasteiger partial charge is 0.0798 e. The molecule has 0 aromatic heterocycles.